The van der Waals surface area contributed by atoms with E-state index in [-0.39, 0.29) is 5.91 Å². The molecule has 18 heavy (non-hydrogen) atoms. The molecule has 2 aromatic rings. The van der Waals surface area contributed by atoms with Crippen LogP contribution in [0.15, 0.2) is 47.1 Å². The highest BCUT2D eigenvalue weighted by Crippen LogP contribution is 2.13. The van der Waals surface area contributed by atoms with Gasteiger partial charge in [0.05, 0.1) is 0 Å². The highest BCUT2D eigenvalue weighted by molar-refractivity contribution is 9.10. The zero-order chi connectivity index (χ0) is 13.0. The number of aromatic nitrogens is 1. The Labute approximate surface area is 114 Å². The summed E-state index contributed by atoms with van der Waals surface area (Å²) in [7, 11) is 0. The minimum absolute atomic E-state index is 0.177. The number of carbonyl (C=O) groups excluding carboxylic acids is 1. The molecule has 92 valence electrons. The third kappa shape index (κ3) is 3.17. The van der Waals surface area contributed by atoms with Gasteiger partial charge in [0.25, 0.3) is 5.91 Å². The molecule has 0 radical (unpaired) electrons. The van der Waals surface area contributed by atoms with Crippen molar-refractivity contribution in [3.05, 3.63) is 63.9 Å². The molecule has 1 N–H and O–H groups in total. The van der Waals surface area contributed by atoms with E-state index in [1.807, 2.05) is 31.2 Å². The lowest BCUT2D eigenvalue weighted by atomic mass is 10.1. The zero-order valence-corrected chi connectivity index (χ0v) is 11.6. The second-order valence-electron chi connectivity index (χ2n) is 4.01. The molecular weight excluding hydrogens is 292 g/mol. The molecule has 0 aliphatic rings. The normalized spacial score (nSPS) is 10.1. The van der Waals surface area contributed by atoms with Crippen LogP contribution in [0.4, 0.5) is 0 Å². The summed E-state index contributed by atoms with van der Waals surface area (Å²) in [5, 5.41) is 2.85. The molecule has 1 amide bonds. The molecule has 0 atom stereocenters. The number of nitrogens with one attached hydrogen (secondary N) is 1. The van der Waals surface area contributed by atoms with Crippen molar-refractivity contribution in [3.63, 3.8) is 0 Å². The number of carbonyl (C=O) groups is 1. The number of pyridine rings is 1. The van der Waals surface area contributed by atoms with Crippen molar-refractivity contribution in [2.45, 2.75) is 13.5 Å². The maximum absolute atomic E-state index is 11.9. The SMILES string of the molecule is Cc1cccc(CNC(=O)c2ncccc2Br)c1. The number of benzene rings is 1. The molecule has 1 heterocycles. The van der Waals surface area contributed by atoms with Crippen LogP contribution in [0.1, 0.15) is 21.6 Å². The first-order chi connectivity index (χ1) is 8.66. The monoisotopic (exact) mass is 304 g/mol. The lowest BCUT2D eigenvalue weighted by Gasteiger charge is -2.06. The molecule has 2 rings (SSSR count). The Hall–Kier alpha value is -1.68. The summed E-state index contributed by atoms with van der Waals surface area (Å²) in [6.45, 7) is 2.53. The minimum Gasteiger partial charge on any atom is -0.347 e. The maximum Gasteiger partial charge on any atom is 0.271 e. The highest BCUT2D eigenvalue weighted by Gasteiger charge is 2.10. The predicted octanol–water partition coefficient (Wildman–Crippen LogP) is 3.08. The Morgan fingerprint density at radius 2 is 2.17 bits per heavy atom. The van der Waals surface area contributed by atoms with Gasteiger partial charge in [-0.1, -0.05) is 29.8 Å². The lowest BCUT2D eigenvalue weighted by molar-refractivity contribution is 0.0945. The van der Waals surface area contributed by atoms with Crippen molar-refractivity contribution >= 4 is 21.8 Å². The van der Waals surface area contributed by atoms with Crippen molar-refractivity contribution in [3.8, 4) is 0 Å². The first kappa shape index (κ1) is 12.8. The first-order valence-electron chi connectivity index (χ1n) is 5.61. The van der Waals surface area contributed by atoms with E-state index in [0.717, 1.165) is 5.56 Å². The third-order valence-corrected chi connectivity index (χ3v) is 3.15. The molecule has 1 aromatic carbocycles. The molecule has 0 saturated carbocycles. The van der Waals surface area contributed by atoms with Gasteiger partial charge >= 0.3 is 0 Å². The molecule has 0 saturated heterocycles. The van der Waals surface area contributed by atoms with Crippen LogP contribution in [0.2, 0.25) is 0 Å². The van der Waals surface area contributed by atoms with Crippen LogP contribution < -0.4 is 5.32 Å². The largest absolute Gasteiger partial charge is 0.347 e. The van der Waals surface area contributed by atoms with Gasteiger partial charge in [0.15, 0.2) is 0 Å². The number of aryl methyl sites for hydroxylation is 1. The second kappa shape index (κ2) is 5.78. The fourth-order valence-corrected chi connectivity index (χ4v) is 2.08. The topological polar surface area (TPSA) is 42.0 Å². The van der Waals surface area contributed by atoms with Gasteiger partial charge < -0.3 is 5.32 Å². The number of nitrogens with zero attached hydrogens (tertiary/aromatic N) is 1. The van der Waals surface area contributed by atoms with Gasteiger partial charge in [0, 0.05) is 17.2 Å². The smallest absolute Gasteiger partial charge is 0.271 e. The lowest BCUT2D eigenvalue weighted by Crippen LogP contribution is -2.24. The summed E-state index contributed by atoms with van der Waals surface area (Å²) in [6, 6.07) is 11.6. The second-order valence-corrected chi connectivity index (χ2v) is 4.86. The Morgan fingerprint density at radius 1 is 1.33 bits per heavy atom. The summed E-state index contributed by atoms with van der Waals surface area (Å²) >= 11 is 3.31. The highest BCUT2D eigenvalue weighted by atomic mass is 79.9. The van der Waals surface area contributed by atoms with E-state index in [1.54, 1.807) is 18.3 Å². The minimum atomic E-state index is -0.177. The van der Waals surface area contributed by atoms with Gasteiger partial charge in [-0.15, -0.1) is 0 Å². The van der Waals surface area contributed by atoms with Crippen molar-refractivity contribution in [2.75, 3.05) is 0 Å². The van der Waals surface area contributed by atoms with Crippen molar-refractivity contribution < 1.29 is 4.79 Å². The van der Waals surface area contributed by atoms with Gasteiger partial charge in [-0.05, 0) is 40.5 Å². The van der Waals surface area contributed by atoms with Crippen molar-refractivity contribution in [1.29, 1.82) is 0 Å². The van der Waals surface area contributed by atoms with E-state index >= 15 is 0 Å². The summed E-state index contributed by atoms with van der Waals surface area (Å²) in [4.78, 5) is 16.0. The number of hydrogen-bond donors (Lipinski definition) is 1. The van der Waals surface area contributed by atoms with Gasteiger partial charge in [0.1, 0.15) is 5.69 Å². The summed E-state index contributed by atoms with van der Waals surface area (Å²) in [5.41, 5.74) is 2.67. The molecule has 0 aliphatic carbocycles. The summed E-state index contributed by atoms with van der Waals surface area (Å²) in [5.74, 6) is -0.177. The molecule has 1 aromatic heterocycles. The summed E-state index contributed by atoms with van der Waals surface area (Å²) in [6.07, 6.45) is 1.60. The number of rotatable bonds is 3. The van der Waals surface area contributed by atoms with Crippen LogP contribution in [-0.2, 0) is 6.54 Å². The fraction of sp³-hybridized carbons (Fsp3) is 0.143. The van der Waals surface area contributed by atoms with Crippen LogP contribution in [-0.4, -0.2) is 10.9 Å². The van der Waals surface area contributed by atoms with Crippen LogP contribution in [0, 0.1) is 6.92 Å². The average molecular weight is 305 g/mol. The number of amides is 1. The average Bonchev–Trinajstić information content (AvgIpc) is 2.37. The Kier molecular flexibility index (Phi) is 4.10. The van der Waals surface area contributed by atoms with Crippen molar-refractivity contribution in [1.82, 2.24) is 10.3 Å². The van der Waals surface area contributed by atoms with Crippen LogP contribution >= 0.6 is 15.9 Å². The first-order valence-corrected chi connectivity index (χ1v) is 6.40. The standard InChI is InChI=1S/C14H13BrN2O/c1-10-4-2-5-11(8-10)9-17-14(18)13-12(15)6-3-7-16-13/h2-8H,9H2,1H3,(H,17,18). The third-order valence-electron chi connectivity index (χ3n) is 2.51. The van der Waals surface area contributed by atoms with Gasteiger partial charge in [-0.3, -0.25) is 4.79 Å². The van der Waals surface area contributed by atoms with Crippen LogP contribution in [0.3, 0.4) is 0 Å². The Balaban J connectivity index is 2.03. The van der Waals surface area contributed by atoms with E-state index in [2.05, 4.69) is 26.2 Å². The Bertz CT molecular complexity index is 569. The molecule has 0 fully saturated rings. The molecular formula is C14H13BrN2O. The van der Waals surface area contributed by atoms with E-state index < -0.39 is 0 Å². The Morgan fingerprint density at radius 3 is 2.89 bits per heavy atom. The predicted molar refractivity (Wildman–Crippen MR) is 74.3 cm³/mol. The molecule has 0 spiro atoms. The molecule has 0 unspecified atom stereocenters. The molecule has 0 bridgehead atoms. The zero-order valence-electron chi connectivity index (χ0n) is 9.98. The molecule has 3 nitrogen and oxygen atoms in total. The van der Waals surface area contributed by atoms with E-state index in [9.17, 15) is 4.79 Å². The van der Waals surface area contributed by atoms with E-state index in [1.165, 1.54) is 5.56 Å². The van der Waals surface area contributed by atoms with Crippen LogP contribution in [0.25, 0.3) is 0 Å². The van der Waals surface area contributed by atoms with Gasteiger partial charge in [-0.25, -0.2) is 4.98 Å². The number of hydrogen-bond acceptors (Lipinski definition) is 2. The number of halogens is 1. The quantitative estimate of drug-likeness (QED) is 0.947. The van der Waals surface area contributed by atoms with Gasteiger partial charge in [0.2, 0.25) is 0 Å². The molecule has 4 heteroatoms. The maximum atomic E-state index is 11.9. The fourth-order valence-electron chi connectivity index (χ4n) is 1.64. The van der Waals surface area contributed by atoms with E-state index in [0.29, 0.717) is 16.7 Å². The molecule has 0 aliphatic heterocycles. The van der Waals surface area contributed by atoms with Crippen molar-refractivity contribution in [2.24, 2.45) is 0 Å². The summed E-state index contributed by atoms with van der Waals surface area (Å²) < 4.78 is 0.701. The van der Waals surface area contributed by atoms with Crippen LogP contribution in [0.5, 0.6) is 0 Å². The van der Waals surface area contributed by atoms with Gasteiger partial charge in [-0.2, -0.15) is 0 Å². The van der Waals surface area contributed by atoms with E-state index in [4.69, 9.17) is 0 Å².